The van der Waals surface area contributed by atoms with Gasteiger partial charge in [-0.2, -0.15) is 0 Å². The van der Waals surface area contributed by atoms with Crippen LogP contribution in [-0.2, 0) is 0 Å². The Hall–Kier alpha value is -1.20. The van der Waals surface area contributed by atoms with E-state index in [1.54, 1.807) is 17.7 Å². The summed E-state index contributed by atoms with van der Waals surface area (Å²) in [6.07, 6.45) is 5.87. The smallest absolute Gasteiger partial charge is 0.147 e. The summed E-state index contributed by atoms with van der Waals surface area (Å²) in [6, 6.07) is 0. The predicted octanol–water partition coefficient (Wildman–Crippen LogP) is 2.96. The minimum absolute atomic E-state index is 0.300. The van der Waals surface area contributed by atoms with E-state index >= 15 is 0 Å². The van der Waals surface area contributed by atoms with Crippen molar-refractivity contribution in [3.8, 4) is 0 Å². The van der Waals surface area contributed by atoms with E-state index < -0.39 is 0 Å². The van der Waals surface area contributed by atoms with Crippen molar-refractivity contribution in [3.63, 3.8) is 0 Å². The van der Waals surface area contributed by atoms with E-state index in [-0.39, 0.29) is 0 Å². The largest absolute Gasteiger partial charge is 0.396 e. The van der Waals surface area contributed by atoms with Crippen molar-refractivity contribution in [2.24, 2.45) is 0 Å². The number of anilines is 1. The first kappa shape index (κ1) is 13.2. The molecule has 0 fully saturated rings. The molecule has 0 radical (unpaired) electrons. The lowest BCUT2D eigenvalue weighted by Gasteiger charge is -2.05. The number of nitrogens with zero attached hydrogens (tertiary/aromatic N) is 2. The first-order valence-electron chi connectivity index (χ1n) is 6.36. The van der Waals surface area contributed by atoms with Crippen molar-refractivity contribution in [3.05, 3.63) is 17.3 Å². The van der Waals surface area contributed by atoms with Crippen LogP contribution >= 0.6 is 11.3 Å². The molecule has 2 aromatic heterocycles. The lowest BCUT2D eigenvalue weighted by Crippen LogP contribution is -2.03. The molecule has 0 aliphatic carbocycles. The second kappa shape index (κ2) is 6.66. The Balaban J connectivity index is 1.88. The normalized spacial score (nSPS) is 11.0. The Bertz CT molecular complexity index is 498. The minimum Gasteiger partial charge on any atom is -0.396 e. The van der Waals surface area contributed by atoms with Crippen molar-refractivity contribution in [2.45, 2.75) is 32.6 Å². The summed E-state index contributed by atoms with van der Waals surface area (Å²) in [5.41, 5.74) is 2.26. The molecular weight excluding hydrogens is 246 g/mol. The number of aryl methyl sites for hydroxylation is 1. The first-order chi connectivity index (χ1) is 8.83. The summed E-state index contributed by atoms with van der Waals surface area (Å²) >= 11 is 1.69. The van der Waals surface area contributed by atoms with Crippen LogP contribution in [0.3, 0.4) is 0 Å². The molecule has 0 atom stereocenters. The van der Waals surface area contributed by atoms with Gasteiger partial charge in [0.05, 0.1) is 10.2 Å². The Kier molecular flexibility index (Phi) is 4.90. The fraction of sp³-hybridized carbons (Fsp3) is 0.538. The van der Waals surface area contributed by atoms with E-state index in [0.717, 1.165) is 48.3 Å². The summed E-state index contributed by atoms with van der Waals surface area (Å²) in [4.78, 5) is 8.60. The quantitative estimate of drug-likeness (QED) is 0.756. The third-order valence-electron chi connectivity index (χ3n) is 2.91. The summed E-state index contributed by atoms with van der Waals surface area (Å²) in [7, 11) is 0. The molecule has 0 spiro atoms. The van der Waals surface area contributed by atoms with Crippen LogP contribution in [0.4, 0.5) is 5.82 Å². The van der Waals surface area contributed by atoms with Crippen molar-refractivity contribution in [1.82, 2.24) is 9.97 Å². The number of thiophene rings is 1. The summed E-state index contributed by atoms with van der Waals surface area (Å²) in [5, 5.41) is 14.2. The molecule has 2 N–H and O–H groups in total. The molecule has 98 valence electrons. The van der Waals surface area contributed by atoms with Crippen LogP contribution < -0.4 is 5.32 Å². The summed E-state index contributed by atoms with van der Waals surface area (Å²) < 4.78 is 1.14. The molecule has 0 bridgehead atoms. The van der Waals surface area contributed by atoms with E-state index in [1.165, 1.54) is 5.56 Å². The Morgan fingerprint density at radius 1 is 1.22 bits per heavy atom. The molecule has 4 nitrogen and oxygen atoms in total. The van der Waals surface area contributed by atoms with Crippen molar-refractivity contribution in [2.75, 3.05) is 18.5 Å². The molecule has 0 unspecified atom stereocenters. The van der Waals surface area contributed by atoms with E-state index in [1.807, 2.05) is 0 Å². The van der Waals surface area contributed by atoms with Gasteiger partial charge in [-0.1, -0.05) is 12.8 Å². The maximum atomic E-state index is 8.69. The number of aliphatic hydroxyl groups excluding tert-OH is 1. The molecular formula is C13H19N3OS. The van der Waals surface area contributed by atoms with E-state index in [2.05, 4.69) is 27.6 Å². The van der Waals surface area contributed by atoms with Gasteiger partial charge in [0.1, 0.15) is 12.1 Å². The van der Waals surface area contributed by atoms with Gasteiger partial charge in [-0.25, -0.2) is 9.97 Å². The van der Waals surface area contributed by atoms with Gasteiger partial charge in [-0.3, -0.25) is 0 Å². The molecule has 0 aliphatic rings. The Morgan fingerprint density at radius 3 is 2.89 bits per heavy atom. The van der Waals surface area contributed by atoms with Crippen LogP contribution in [0.15, 0.2) is 11.7 Å². The monoisotopic (exact) mass is 265 g/mol. The molecule has 0 amide bonds. The van der Waals surface area contributed by atoms with Crippen LogP contribution in [0.1, 0.15) is 31.2 Å². The molecule has 5 heteroatoms. The van der Waals surface area contributed by atoms with E-state index in [0.29, 0.717) is 6.61 Å². The highest BCUT2D eigenvalue weighted by Gasteiger charge is 2.06. The van der Waals surface area contributed by atoms with Crippen LogP contribution in [0.5, 0.6) is 0 Å². The number of nitrogens with one attached hydrogen (secondary N) is 1. The Labute approximate surface area is 111 Å². The number of hydrogen-bond acceptors (Lipinski definition) is 5. The Morgan fingerprint density at radius 2 is 2.06 bits per heavy atom. The summed E-state index contributed by atoms with van der Waals surface area (Å²) in [6.45, 7) is 3.30. The minimum atomic E-state index is 0.300. The lowest BCUT2D eigenvalue weighted by atomic mass is 10.2. The highest BCUT2D eigenvalue weighted by Crippen LogP contribution is 2.28. The maximum absolute atomic E-state index is 8.69. The van der Waals surface area contributed by atoms with Crippen LogP contribution in [0, 0.1) is 6.92 Å². The first-order valence-corrected chi connectivity index (χ1v) is 7.24. The van der Waals surface area contributed by atoms with Crippen LogP contribution in [-0.4, -0.2) is 28.2 Å². The standard InChI is InChI=1S/C13H19N3OS/c1-10-8-18-12-11(10)15-9-16-13(12)14-6-4-2-3-5-7-17/h8-9,17H,2-7H2,1H3,(H,14,15,16). The zero-order valence-corrected chi connectivity index (χ0v) is 11.5. The predicted molar refractivity (Wildman–Crippen MR) is 76.2 cm³/mol. The average Bonchev–Trinajstić information content (AvgIpc) is 2.77. The molecule has 0 saturated heterocycles. The fourth-order valence-corrected chi connectivity index (χ4v) is 2.86. The van der Waals surface area contributed by atoms with Gasteiger partial charge >= 0.3 is 0 Å². The molecule has 2 heterocycles. The van der Waals surface area contributed by atoms with Gasteiger partial charge < -0.3 is 10.4 Å². The van der Waals surface area contributed by atoms with E-state index in [9.17, 15) is 0 Å². The number of fused-ring (bicyclic) bond motifs is 1. The highest BCUT2D eigenvalue weighted by atomic mass is 32.1. The topological polar surface area (TPSA) is 58.0 Å². The van der Waals surface area contributed by atoms with Crippen molar-refractivity contribution in [1.29, 1.82) is 0 Å². The molecule has 2 aromatic rings. The van der Waals surface area contributed by atoms with Gasteiger partial charge in [0.15, 0.2) is 0 Å². The highest BCUT2D eigenvalue weighted by molar-refractivity contribution is 7.18. The number of aromatic nitrogens is 2. The second-order valence-corrected chi connectivity index (χ2v) is 5.26. The van der Waals surface area contributed by atoms with Gasteiger partial charge in [0.2, 0.25) is 0 Å². The van der Waals surface area contributed by atoms with Crippen molar-refractivity contribution >= 4 is 27.4 Å². The molecule has 2 rings (SSSR count). The van der Waals surface area contributed by atoms with Crippen LogP contribution in [0.2, 0.25) is 0 Å². The number of unbranched alkanes of at least 4 members (excludes halogenated alkanes) is 3. The maximum Gasteiger partial charge on any atom is 0.147 e. The third-order valence-corrected chi connectivity index (χ3v) is 4.00. The third kappa shape index (κ3) is 3.17. The zero-order chi connectivity index (χ0) is 12.8. The molecule has 0 aliphatic heterocycles. The van der Waals surface area contributed by atoms with Crippen LogP contribution in [0.25, 0.3) is 10.2 Å². The van der Waals surface area contributed by atoms with Gasteiger partial charge in [0.25, 0.3) is 0 Å². The molecule has 0 saturated carbocycles. The fourth-order valence-electron chi connectivity index (χ4n) is 1.89. The summed E-state index contributed by atoms with van der Waals surface area (Å²) in [5.74, 6) is 0.945. The molecule has 0 aromatic carbocycles. The average molecular weight is 265 g/mol. The van der Waals surface area contributed by atoms with E-state index in [4.69, 9.17) is 5.11 Å². The molecule has 18 heavy (non-hydrogen) atoms. The number of rotatable bonds is 7. The van der Waals surface area contributed by atoms with Crippen molar-refractivity contribution < 1.29 is 5.11 Å². The van der Waals surface area contributed by atoms with Gasteiger partial charge in [-0.15, -0.1) is 11.3 Å². The zero-order valence-electron chi connectivity index (χ0n) is 10.6. The number of aliphatic hydroxyl groups is 1. The van der Waals surface area contributed by atoms with Gasteiger partial charge in [-0.05, 0) is 30.7 Å². The van der Waals surface area contributed by atoms with Gasteiger partial charge in [0, 0.05) is 13.2 Å². The second-order valence-electron chi connectivity index (χ2n) is 4.38. The SMILES string of the molecule is Cc1csc2c(NCCCCCCO)ncnc12. The lowest BCUT2D eigenvalue weighted by molar-refractivity contribution is 0.283. The number of hydrogen-bond donors (Lipinski definition) is 2.